The van der Waals surface area contributed by atoms with Crippen LogP contribution in [-0.2, 0) is 19.6 Å². The van der Waals surface area contributed by atoms with Crippen molar-refractivity contribution in [3.63, 3.8) is 0 Å². The molecule has 16 heteroatoms. The van der Waals surface area contributed by atoms with Crippen LogP contribution in [0.1, 0.15) is 28.4 Å². The first-order valence-corrected chi connectivity index (χ1v) is 14.3. The van der Waals surface area contributed by atoms with Crippen molar-refractivity contribution in [3.8, 4) is 5.75 Å². The van der Waals surface area contributed by atoms with Crippen molar-refractivity contribution in [2.75, 3.05) is 20.2 Å². The van der Waals surface area contributed by atoms with Crippen LogP contribution in [0.2, 0.25) is 5.02 Å². The van der Waals surface area contributed by atoms with Crippen molar-refractivity contribution in [1.82, 2.24) is 14.5 Å². The largest absolute Gasteiger partial charge is 0.497 e. The number of ether oxygens (including phenoxy) is 1. The third-order valence-corrected chi connectivity index (χ3v) is 8.76. The van der Waals surface area contributed by atoms with Crippen LogP contribution in [0.15, 0.2) is 71.6 Å². The summed E-state index contributed by atoms with van der Waals surface area (Å²) in [6.45, 7) is -0.603. The Balaban J connectivity index is 1.77. The number of carboxylic acids is 1. The Kier molecular flexibility index (Phi) is 9.27. The van der Waals surface area contributed by atoms with Gasteiger partial charge in [-0.05, 0) is 42.0 Å². The number of hydrogen-bond acceptors (Lipinski definition) is 8. The molecule has 1 fully saturated rings. The molecule has 1 saturated heterocycles. The van der Waals surface area contributed by atoms with Gasteiger partial charge in [0.2, 0.25) is 10.0 Å². The number of nitrogens with zero attached hydrogens (tertiary/aromatic N) is 3. The third kappa shape index (κ3) is 6.74. The highest BCUT2D eigenvalue weighted by molar-refractivity contribution is 7.89. The molecule has 226 valence electrons. The SMILES string of the molecule is COc1cccc(C(=O)N2CCN(S(=O)(=O)c3ccc(F)c(Cl)c3)C2C(=O)NC(CC(=O)O)c2cccc([N+](=O)[O-])c2)c1. The van der Waals surface area contributed by atoms with Gasteiger partial charge >= 0.3 is 5.97 Å². The number of nitro benzene ring substituents is 1. The van der Waals surface area contributed by atoms with Crippen LogP contribution in [0.4, 0.5) is 10.1 Å². The van der Waals surface area contributed by atoms with Gasteiger partial charge in [0.25, 0.3) is 17.5 Å². The van der Waals surface area contributed by atoms with Crippen LogP contribution in [0, 0.1) is 15.9 Å². The summed E-state index contributed by atoms with van der Waals surface area (Å²) >= 11 is 5.82. The van der Waals surface area contributed by atoms with Gasteiger partial charge in [-0.25, -0.2) is 12.8 Å². The minimum Gasteiger partial charge on any atom is -0.497 e. The van der Waals surface area contributed by atoms with Gasteiger partial charge in [0.15, 0.2) is 6.17 Å². The number of carbonyl (C=O) groups excluding carboxylic acids is 2. The molecule has 3 aromatic carbocycles. The van der Waals surface area contributed by atoms with Crippen LogP contribution in [-0.4, -0.2) is 71.8 Å². The van der Waals surface area contributed by atoms with Crippen LogP contribution >= 0.6 is 11.6 Å². The zero-order valence-corrected chi connectivity index (χ0v) is 23.9. The molecule has 1 aliphatic heterocycles. The van der Waals surface area contributed by atoms with Gasteiger partial charge in [-0.15, -0.1) is 0 Å². The quantitative estimate of drug-likeness (QED) is 0.250. The lowest BCUT2D eigenvalue weighted by Gasteiger charge is -2.30. The lowest BCUT2D eigenvalue weighted by Crippen LogP contribution is -2.54. The zero-order chi connectivity index (χ0) is 31.5. The van der Waals surface area contributed by atoms with Crippen LogP contribution < -0.4 is 10.1 Å². The van der Waals surface area contributed by atoms with Crippen molar-refractivity contribution >= 4 is 45.1 Å². The number of halogens is 2. The molecule has 0 radical (unpaired) electrons. The Morgan fingerprint density at radius 3 is 2.51 bits per heavy atom. The number of nitro groups is 1. The van der Waals surface area contributed by atoms with E-state index in [0.717, 1.165) is 33.5 Å². The van der Waals surface area contributed by atoms with Gasteiger partial charge in [0.1, 0.15) is 11.6 Å². The van der Waals surface area contributed by atoms with Crippen molar-refractivity contribution < 1.29 is 42.0 Å². The van der Waals surface area contributed by atoms with E-state index in [1.54, 1.807) is 6.07 Å². The molecule has 2 atom stereocenters. The van der Waals surface area contributed by atoms with Gasteiger partial charge in [-0.3, -0.25) is 24.5 Å². The summed E-state index contributed by atoms with van der Waals surface area (Å²) in [5.74, 6) is -3.73. The number of hydrogen-bond donors (Lipinski definition) is 2. The maximum Gasteiger partial charge on any atom is 0.305 e. The van der Waals surface area contributed by atoms with Crippen LogP contribution in [0.25, 0.3) is 0 Å². The van der Waals surface area contributed by atoms with Crippen LogP contribution in [0.3, 0.4) is 0 Å². The molecule has 2 unspecified atom stereocenters. The second-order valence-corrected chi connectivity index (χ2v) is 11.6. The normalized spacial score (nSPS) is 16.0. The fourth-order valence-corrected chi connectivity index (χ4v) is 6.38. The number of rotatable bonds is 10. The zero-order valence-electron chi connectivity index (χ0n) is 22.3. The summed E-state index contributed by atoms with van der Waals surface area (Å²) in [7, 11) is -3.19. The highest BCUT2D eigenvalue weighted by Gasteiger charge is 2.47. The lowest BCUT2D eigenvalue weighted by atomic mass is 10.0. The molecule has 43 heavy (non-hydrogen) atoms. The summed E-state index contributed by atoms with van der Waals surface area (Å²) in [5, 5.41) is 22.8. The number of benzene rings is 3. The Labute approximate surface area is 249 Å². The van der Waals surface area contributed by atoms with E-state index in [2.05, 4.69) is 5.32 Å². The molecule has 0 saturated carbocycles. The molecule has 0 aromatic heterocycles. The van der Waals surface area contributed by atoms with Crippen molar-refractivity contribution in [2.45, 2.75) is 23.5 Å². The fourth-order valence-electron chi connectivity index (χ4n) is 4.57. The van der Waals surface area contributed by atoms with E-state index in [9.17, 15) is 42.4 Å². The Morgan fingerprint density at radius 1 is 1.14 bits per heavy atom. The molecule has 13 nitrogen and oxygen atoms in total. The lowest BCUT2D eigenvalue weighted by molar-refractivity contribution is -0.384. The van der Waals surface area contributed by atoms with Gasteiger partial charge in [0, 0.05) is 30.8 Å². The van der Waals surface area contributed by atoms with Gasteiger partial charge < -0.3 is 20.1 Å². The van der Waals surface area contributed by atoms with E-state index in [1.165, 1.54) is 43.5 Å². The maximum absolute atomic E-state index is 13.9. The van der Waals surface area contributed by atoms with Crippen molar-refractivity contribution in [1.29, 1.82) is 0 Å². The molecular formula is C27H24ClFN4O9S. The second-order valence-electron chi connectivity index (χ2n) is 9.31. The monoisotopic (exact) mass is 634 g/mol. The number of non-ortho nitro benzene ring substituents is 1. The highest BCUT2D eigenvalue weighted by Crippen LogP contribution is 2.30. The molecule has 0 bridgehead atoms. The van der Waals surface area contributed by atoms with E-state index in [-0.39, 0.29) is 29.9 Å². The van der Waals surface area contributed by atoms with E-state index in [4.69, 9.17) is 16.3 Å². The number of nitrogens with one attached hydrogen (secondary N) is 1. The number of amides is 2. The molecule has 4 rings (SSSR count). The Morgan fingerprint density at radius 2 is 1.86 bits per heavy atom. The van der Waals surface area contributed by atoms with Gasteiger partial charge in [0.05, 0.1) is 34.4 Å². The minimum absolute atomic E-state index is 0.0633. The average Bonchev–Trinajstić information content (AvgIpc) is 3.44. The first-order chi connectivity index (χ1) is 20.3. The molecule has 0 aliphatic carbocycles. The maximum atomic E-state index is 13.9. The van der Waals surface area contributed by atoms with Crippen molar-refractivity contribution in [3.05, 3.63) is 98.8 Å². The topological polar surface area (TPSA) is 176 Å². The smallest absolute Gasteiger partial charge is 0.305 e. The Hall–Kier alpha value is -4.60. The fraction of sp³-hybridized carbons (Fsp3) is 0.222. The van der Waals surface area contributed by atoms with Crippen molar-refractivity contribution in [2.24, 2.45) is 0 Å². The number of carbonyl (C=O) groups is 3. The highest BCUT2D eigenvalue weighted by atomic mass is 35.5. The Bertz CT molecular complexity index is 1710. The summed E-state index contributed by atoms with van der Waals surface area (Å²) in [6, 6.07) is 12.2. The first kappa shape index (κ1) is 31.3. The summed E-state index contributed by atoms with van der Waals surface area (Å²) in [4.78, 5) is 50.3. The average molecular weight is 635 g/mol. The molecule has 2 amide bonds. The third-order valence-electron chi connectivity index (χ3n) is 6.62. The van der Waals surface area contributed by atoms with Gasteiger partial charge in [-0.1, -0.05) is 29.8 Å². The first-order valence-electron chi connectivity index (χ1n) is 12.5. The van der Waals surface area contributed by atoms with Gasteiger partial charge in [-0.2, -0.15) is 4.31 Å². The van der Waals surface area contributed by atoms with E-state index < -0.39 is 67.1 Å². The minimum atomic E-state index is -4.58. The molecular weight excluding hydrogens is 611 g/mol. The predicted molar refractivity (Wildman–Crippen MR) is 149 cm³/mol. The van der Waals surface area contributed by atoms with E-state index >= 15 is 0 Å². The molecule has 2 N–H and O–H groups in total. The molecule has 3 aromatic rings. The standard InChI is InChI=1S/C27H24ClFN4O9S/c1-42-19-7-3-5-17(13-19)27(37)31-10-11-32(43(40,41)20-8-9-22(29)21(28)14-20)26(31)25(36)30-23(15-24(34)35)16-4-2-6-18(12-16)33(38)39/h2-9,12-14,23,26H,10-11,15H2,1H3,(H,30,36)(H,34,35). The summed E-state index contributed by atoms with van der Waals surface area (Å²) < 4.78 is 47.1. The number of carboxylic acid groups (broad SMARTS) is 1. The second kappa shape index (κ2) is 12.7. The summed E-state index contributed by atoms with van der Waals surface area (Å²) in [6.07, 6.45) is -2.55. The summed E-state index contributed by atoms with van der Waals surface area (Å²) in [5.41, 5.74) is -0.231. The number of aliphatic carboxylic acids is 1. The number of methoxy groups -OCH3 is 1. The van der Waals surface area contributed by atoms with Crippen LogP contribution in [0.5, 0.6) is 5.75 Å². The van der Waals surface area contributed by atoms with E-state index in [1.807, 2.05) is 0 Å². The molecule has 0 spiro atoms. The predicted octanol–water partition coefficient (Wildman–Crippen LogP) is 3.20. The molecule has 1 heterocycles. The molecule has 1 aliphatic rings. The number of sulfonamides is 1. The van der Waals surface area contributed by atoms with E-state index in [0.29, 0.717) is 5.75 Å².